The molecule has 0 aliphatic heterocycles. The van der Waals surface area contributed by atoms with Crippen LogP contribution < -0.4 is 4.90 Å². The standard InChI is InChI=1S/C58H53N/c1-55(2)29-30-56(3,4)54-47(19-12-21-49(54)55)46-17-8-10-22-51(46)59(40-25-23-38(24-26-40)43-18-11-14-37-13-5-6-15-42(37)43)41-27-28-45-44-16-7-9-20-48(44)58(50(45)34-41)52-32-36-31-39-33-53(58)57(39,52)35-36/h5-28,34,36,39,52-53H,29-33,35H2,1-4H3. The quantitative estimate of drug-likeness (QED) is 0.169. The Bertz CT molecular complexity index is 2890. The average Bonchev–Trinajstić information content (AvgIpc) is 3.89. The summed E-state index contributed by atoms with van der Waals surface area (Å²) in [5.74, 6) is 3.45. The van der Waals surface area contributed by atoms with Crippen LogP contribution in [-0.4, -0.2) is 0 Å². The van der Waals surface area contributed by atoms with Gasteiger partial charge in [-0.3, -0.25) is 0 Å². The smallest absolute Gasteiger partial charge is 0.0540 e. The summed E-state index contributed by atoms with van der Waals surface area (Å²) in [6, 6.07) is 58.5. The number of hydrogen-bond acceptors (Lipinski definition) is 1. The zero-order valence-electron chi connectivity index (χ0n) is 34.9. The van der Waals surface area contributed by atoms with Crippen molar-refractivity contribution < 1.29 is 0 Å². The van der Waals surface area contributed by atoms with E-state index in [0.29, 0.717) is 5.41 Å². The largest absolute Gasteiger partial charge is 0.310 e. The van der Waals surface area contributed by atoms with Crippen LogP contribution in [0.2, 0.25) is 0 Å². The van der Waals surface area contributed by atoms with Crippen LogP contribution in [-0.2, 0) is 16.2 Å². The van der Waals surface area contributed by atoms with Crippen LogP contribution in [0.3, 0.4) is 0 Å². The number of rotatable bonds is 5. The molecule has 7 aromatic carbocycles. The molecule has 59 heavy (non-hydrogen) atoms. The predicted molar refractivity (Wildman–Crippen MR) is 246 cm³/mol. The topological polar surface area (TPSA) is 3.24 Å². The van der Waals surface area contributed by atoms with Crippen molar-refractivity contribution in [1.82, 2.24) is 0 Å². The summed E-state index contributed by atoms with van der Waals surface area (Å²) in [6.45, 7) is 9.84. The van der Waals surface area contributed by atoms with Gasteiger partial charge in [0.1, 0.15) is 0 Å². The maximum atomic E-state index is 2.67. The zero-order valence-corrected chi connectivity index (χ0v) is 34.9. The minimum Gasteiger partial charge on any atom is -0.310 e. The molecule has 0 N–H and O–H groups in total. The fourth-order valence-electron chi connectivity index (χ4n) is 15.0. The van der Waals surface area contributed by atoms with Gasteiger partial charge >= 0.3 is 0 Å². The van der Waals surface area contributed by atoms with Gasteiger partial charge in [-0.1, -0.05) is 149 Å². The molecule has 6 aliphatic rings. The number of hydrogen-bond donors (Lipinski definition) is 0. The number of nitrogens with zero attached hydrogens (tertiary/aromatic N) is 1. The van der Waals surface area contributed by atoms with Crippen molar-refractivity contribution in [1.29, 1.82) is 0 Å². The Morgan fingerprint density at radius 1 is 0.492 bits per heavy atom. The van der Waals surface area contributed by atoms with Crippen molar-refractivity contribution in [2.24, 2.45) is 29.1 Å². The molecule has 0 heterocycles. The van der Waals surface area contributed by atoms with E-state index in [0.717, 1.165) is 23.7 Å². The third-order valence-corrected chi connectivity index (χ3v) is 17.4. The second kappa shape index (κ2) is 11.7. The van der Waals surface area contributed by atoms with E-state index in [1.54, 1.807) is 11.1 Å². The van der Waals surface area contributed by atoms with E-state index in [2.05, 4.69) is 184 Å². The molecule has 0 aromatic heterocycles. The van der Waals surface area contributed by atoms with Gasteiger partial charge in [0.05, 0.1) is 5.69 Å². The molecule has 2 bridgehead atoms. The lowest BCUT2D eigenvalue weighted by atomic mass is 9.27. The molecular weight excluding hydrogens is 711 g/mol. The molecule has 0 radical (unpaired) electrons. The van der Waals surface area contributed by atoms with Gasteiger partial charge in [-0.05, 0) is 170 Å². The van der Waals surface area contributed by atoms with Gasteiger partial charge in [0, 0.05) is 22.4 Å². The predicted octanol–water partition coefficient (Wildman–Crippen LogP) is 15.3. The highest BCUT2D eigenvalue weighted by Gasteiger charge is 2.84. The van der Waals surface area contributed by atoms with Crippen LogP contribution >= 0.6 is 0 Å². The second-order valence-corrected chi connectivity index (χ2v) is 20.8. The van der Waals surface area contributed by atoms with E-state index in [1.807, 2.05) is 0 Å². The highest BCUT2D eigenvalue weighted by atomic mass is 15.1. The Hall–Kier alpha value is -5.40. The van der Waals surface area contributed by atoms with E-state index in [-0.39, 0.29) is 16.2 Å². The summed E-state index contributed by atoms with van der Waals surface area (Å²) in [7, 11) is 0. The Kier molecular flexibility index (Phi) is 6.81. The Morgan fingerprint density at radius 2 is 1.14 bits per heavy atom. The Balaban J connectivity index is 1.02. The maximum absolute atomic E-state index is 2.67. The average molecular weight is 764 g/mol. The number of para-hydroxylation sites is 1. The third kappa shape index (κ3) is 4.32. The van der Waals surface area contributed by atoms with Crippen LogP contribution in [0, 0.1) is 29.1 Å². The molecule has 0 saturated heterocycles. The minimum absolute atomic E-state index is 0.0761. The van der Waals surface area contributed by atoms with E-state index >= 15 is 0 Å². The second-order valence-electron chi connectivity index (χ2n) is 20.8. The third-order valence-electron chi connectivity index (χ3n) is 17.4. The maximum Gasteiger partial charge on any atom is 0.0540 e. The SMILES string of the molecule is CC1(C)CCC(C)(C)c2c(-c3ccccc3N(c3ccc(-c4cccc5ccccc45)cc3)c3ccc4c(c3)C3(c5ccccc5-4)C4CC5CC6CC3C64C5)cccc21. The van der Waals surface area contributed by atoms with Crippen molar-refractivity contribution in [3.05, 3.63) is 174 Å². The molecule has 6 atom stereocenters. The molecule has 1 nitrogen and oxygen atoms in total. The molecule has 0 amide bonds. The first-order valence-electron chi connectivity index (χ1n) is 22.6. The lowest BCUT2D eigenvalue weighted by molar-refractivity contribution is -0.231. The Labute approximate surface area is 350 Å². The normalized spacial score (nSPS) is 28.0. The number of fused-ring (bicyclic) bond motifs is 10. The van der Waals surface area contributed by atoms with Crippen LogP contribution in [0.25, 0.3) is 44.2 Å². The summed E-state index contributed by atoms with van der Waals surface area (Å²) in [4.78, 5) is 2.61. The van der Waals surface area contributed by atoms with Crippen LogP contribution in [0.5, 0.6) is 0 Å². The van der Waals surface area contributed by atoms with Gasteiger partial charge in [-0.15, -0.1) is 0 Å². The molecule has 13 rings (SSSR count). The number of benzene rings is 7. The lowest BCUT2D eigenvalue weighted by Gasteiger charge is -2.76. The summed E-state index contributed by atoms with van der Waals surface area (Å²) in [5, 5.41) is 2.57. The van der Waals surface area contributed by atoms with E-state index in [4.69, 9.17) is 0 Å². The monoisotopic (exact) mass is 763 g/mol. The van der Waals surface area contributed by atoms with Crippen molar-refractivity contribution in [2.45, 2.75) is 82.5 Å². The van der Waals surface area contributed by atoms with Gasteiger partial charge < -0.3 is 4.90 Å². The minimum atomic E-state index is 0.0761. The van der Waals surface area contributed by atoms with Gasteiger partial charge in [-0.25, -0.2) is 0 Å². The fraction of sp³-hybridized carbons (Fsp3) is 0.310. The molecule has 6 unspecified atom stereocenters. The first-order chi connectivity index (χ1) is 28.7. The van der Waals surface area contributed by atoms with Gasteiger partial charge in [0.15, 0.2) is 0 Å². The van der Waals surface area contributed by atoms with Crippen molar-refractivity contribution in [3.63, 3.8) is 0 Å². The van der Waals surface area contributed by atoms with E-state index in [1.165, 1.54) is 111 Å². The summed E-state index contributed by atoms with van der Waals surface area (Å²) < 4.78 is 0. The highest BCUT2D eigenvalue weighted by molar-refractivity contribution is 5.98. The lowest BCUT2D eigenvalue weighted by Crippen LogP contribution is -2.73. The summed E-state index contributed by atoms with van der Waals surface area (Å²) in [6.07, 6.45) is 8.20. The highest BCUT2D eigenvalue weighted by Crippen LogP contribution is 2.89. The van der Waals surface area contributed by atoms with Gasteiger partial charge in [-0.2, -0.15) is 0 Å². The van der Waals surface area contributed by atoms with Gasteiger partial charge in [0.2, 0.25) is 0 Å². The molecule has 2 spiro atoms. The summed E-state index contributed by atoms with van der Waals surface area (Å²) >= 11 is 0. The molecule has 6 aliphatic carbocycles. The van der Waals surface area contributed by atoms with Crippen LogP contribution in [0.4, 0.5) is 17.1 Å². The van der Waals surface area contributed by atoms with Crippen molar-refractivity contribution in [2.75, 3.05) is 4.90 Å². The van der Waals surface area contributed by atoms with Gasteiger partial charge in [0.25, 0.3) is 0 Å². The summed E-state index contributed by atoms with van der Waals surface area (Å²) in [5.41, 5.74) is 19.1. The molecule has 1 heteroatoms. The number of anilines is 3. The fourth-order valence-corrected chi connectivity index (χ4v) is 15.0. The molecule has 290 valence electrons. The van der Waals surface area contributed by atoms with Crippen molar-refractivity contribution in [3.8, 4) is 33.4 Å². The Morgan fingerprint density at radius 3 is 2.00 bits per heavy atom. The van der Waals surface area contributed by atoms with Crippen LogP contribution in [0.1, 0.15) is 88.5 Å². The van der Waals surface area contributed by atoms with E-state index in [9.17, 15) is 0 Å². The molecule has 7 aromatic rings. The van der Waals surface area contributed by atoms with Crippen molar-refractivity contribution >= 4 is 27.8 Å². The molecule has 4 fully saturated rings. The first kappa shape index (κ1) is 34.5. The van der Waals surface area contributed by atoms with E-state index < -0.39 is 0 Å². The zero-order chi connectivity index (χ0) is 39.5. The van der Waals surface area contributed by atoms with Crippen LogP contribution in [0.15, 0.2) is 152 Å². The molecular formula is C58H53N. The first-order valence-corrected chi connectivity index (χ1v) is 22.6. The molecule has 4 saturated carbocycles.